The predicted octanol–water partition coefficient (Wildman–Crippen LogP) is 3.24. The number of carbonyl (C=O) groups excluding carboxylic acids is 1. The molecule has 2 aromatic rings. The number of aryl methyl sites for hydroxylation is 1. The number of nitriles is 1. The number of rotatable bonds is 6. The Balaban J connectivity index is 1.54. The van der Waals surface area contributed by atoms with E-state index >= 15 is 0 Å². The van der Waals surface area contributed by atoms with Gasteiger partial charge < -0.3 is 5.32 Å². The van der Waals surface area contributed by atoms with Gasteiger partial charge in [0.15, 0.2) is 0 Å². The quantitative estimate of drug-likeness (QED) is 0.790. The van der Waals surface area contributed by atoms with Gasteiger partial charge in [0.1, 0.15) is 0 Å². The lowest BCUT2D eigenvalue weighted by Gasteiger charge is -2.30. The van der Waals surface area contributed by atoms with E-state index in [0.717, 1.165) is 16.7 Å². The third kappa shape index (κ3) is 5.66. The number of nitrogens with zero attached hydrogens (tertiary/aromatic N) is 2. The van der Waals surface area contributed by atoms with Crippen LogP contribution in [-0.4, -0.2) is 31.7 Å². The van der Waals surface area contributed by atoms with E-state index in [1.807, 2.05) is 43.3 Å². The Bertz CT molecular complexity index is 1000. The Labute approximate surface area is 172 Å². The van der Waals surface area contributed by atoms with Crippen molar-refractivity contribution in [3.8, 4) is 6.07 Å². The molecule has 152 valence electrons. The number of nitrogens with one attached hydrogen (secondary N) is 1. The molecule has 1 heterocycles. The van der Waals surface area contributed by atoms with Gasteiger partial charge >= 0.3 is 0 Å². The fourth-order valence-electron chi connectivity index (χ4n) is 3.54. The zero-order valence-corrected chi connectivity index (χ0v) is 17.3. The number of hydrogen-bond donors (Lipinski definition) is 1. The molecule has 3 rings (SSSR count). The van der Waals surface area contributed by atoms with Gasteiger partial charge in [-0.25, -0.2) is 12.7 Å². The van der Waals surface area contributed by atoms with Crippen molar-refractivity contribution in [3.63, 3.8) is 0 Å². The van der Waals surface area contributed by atoms with Crippen molar-refractivity contribution in [2.24, 2.45) is 5.92 Å². The number of benzene rings is 2. The van der Waals surface area contributed by atoms with E-state index in [2.05, 4.69) is 11.4 Å². The van der Waals surface area contributed by atoms with E-state index in [0.29, 0.717) is 38.0 Å². The van der Waals surface area contributed by atoms with Crippen LogP contribution in [0.15, 0.2) is 48.5 Å². The predicted molar refractivity (Wildman–Crippen MR) is 112 cm³/mol. The largest absolute Gasteiger partial charge is 0.326 e. The standard InChI is InChI=1S/C22H25N3O3S/c1-17-3-2-4-19(15-17)16-29(27,28)25-13-10-20(11-14-25)22(26)24-21-7-5-18(6-8-21)9-12-23/h2-8,15,20H,9-11,13-14,16H2,1H3,(H,24,26). The van der Waals surface area contributed by atoms with Crippen LogP contribution in [0.25, 0.3) is 0 Å². The van der Waals surface area contributed by atoms with Crippen LogP contribution in [0.1, 0.15) is 29.5 Å². The lowest BCUT2D eigenvalue weighted by molar-refractivity contribution is -0.120. The number of hydrogen-bond acceptors (Lipinski definition) is 4. The van der Waals surface area contributed by atoms with Crippen LogP contribution in [0.5, 0.6) is 0 Å². The highest BCUT2D eigenvalue weighted by Crippen LogP contribution is 2.23. The van der Waals surface area contributed by atoms with E-state index < -0.39 is 10.0 Å². The molecule has 6 nitrogen and oxygen atoms in total. The molecule has 0 unspecified atom stereocenters. The van der Waals surface area contributed by atoms with Crippen molar-refractivity contribution in [2.75, 3.05) is 18.4 Å². The van der Waals surface area contributed by atoms with Gasteiger partial charge in [0.2, 0.25) is 15.9 Å². The lowest BCUT2D eigenvalue weighted by Crippen LogP contribution is -2.41. The number of anilines is 1. The Morgan fingerprint density at radius 1 is 1.14 bits per heavy atom. The van der Waals surface area contributed by atoms with Crippen LogP contribution >= 0.6 is 0 Å². The van der Waals surface area contributed by atoms with Crippen LogP contribution in [0.4, 0.5) is 5.69 Å². The van der Waals surface area contributed by atoms with Gasteiger partial charge in [-0.3, -0.25) is 4.79 Å². The maximum Gasteiger partial charge on any atom is 0.227 e. The number of sulfonamides is 1. The minimum Gasteiger partial charge on any atom is -0.326 e. The average molecular weight is 412 g/mol. The lowest BCUT2D eigenvalue weighted by atomic mass is 9.97. The van der Waals surface area contributed by atoms with E-state index in [9.17, 15) is 13.2 Å². The maximum absolute atomic E-state index is 12.7. The smallest absolute Gasteiger partial charge is 0.227 e. The second-order valence-electron chi connectivity index (χ2n) is 7.44. The number of carbonyl (C=O) groups is 1. The zero-order valence-electron chi connectivity index (χ0n) is 16.5. The third-order valence-electron chi connectivity index (χ3n) is 5.15. The first-order valence-corrected chi connectivity index (χ1v) is 11.3. The van der Waals surface area contributed by atoms with Gasteiger partial charge in [0.05, 0.1) is 18.2 Å². The monoisotopic (exact) mass is 411 g/mol. The summed E-state index contributed by atoms with van der Waals surface area (Å²) in [6.07, 6.45) is 1.35. The number of piperidine rings is 1. The molecule has 0 atom stereocenters. The first kappa shape index (κ1) is 21.0. The zero-order chi connectivity index (χ0) is 20.9. The Kier molecular flexibility index (Phi) is 6.68. The molecule has 7 heteroatoms. The number of amides is 1. The summed E-state index contributed by atoms with van der Waals surface area (Å²) in [7, 11) is -3.40. The van der Waals surface area contributed by atoms with Gasteiger partial charge in [-0.15, -0.1) is 0 Å². The van der Waals surface area contributed by atoms with Gasteiger partial charge in [-0.05, 0) is 43.0 Å². The van der Waals surface area contributed by atoms with Crippen LogP contribution in [-0.2, 0) is 27.0 Å². The Hall–Kier alpha value is -2.69. The summed E-state index contributed by atoms with van der Waals surface area (Å²) < 4.78 is 26.9. The maximum atomic E-state index is 12.7. The van der Waals surface area contributed by atoms with Crippen molar-refractivity contribution in [1.82, 2.24) is 4.31 Å². The average Bonchev–Trinajstić information content (AvgIpc) is 2.69. The molecular weight excluding hydrogens is 386 g/mol. The van der Waals surface area contributed by atoms with Crippen molar-refractivity contribution in [2.45, 2.75) is 31.9 Å². The van der Waals surface area contributed by atoms with Gasteiger partial charge in [-0.2, -0.15) is 5.26 Å². The second-order valence-corrected chi connectivity index (χ2v) is 9.41. The molecule has 1 amide bonds. The first-order valence-electron chi connectivity index (χ1n) is 9.67. The van der Waals surface area contributed by atoms with Crippen LogP contribution in [0.3, 0.4) is 0 Å². The molecule has 0 radical (unpaired) electrons. The van der Waals surface area contributed by atoms with Gasteiger partial charge in [0.25, 0.3) is 0 Å². The molecule has 0 spiro atoms. The van der Waals surface area contributed by atoms with Crippen molar-refractivity contribution < 1.29 is 13.2 Å². The third-order valence-corrected chi connectivity index (χ3v) is 7.00. The highest BCUT2D eigenvalue weighted by molar-refractivity contribution is 7.88. The molecule has 1 N–H and O–H groups in total. The van der Waals surface area contributed by atoms with E-state index in [1.165, 1.54) is 4.31 Å². The highest BCUT2D eigenvalue weighted by Gasteiger charge is 2.31. The van der Waals surface area contributed by atoms with E-state index in [4.69, 9.17) is 5.26 Å². The van der Waals surface area contributed by atoms with Crippen LogP contribution in [0.2, 0.25) is 0 Å². The van der Waals surface area contributed by atoms with E-state index in [-0.39, 0.29) is 17.6 Å². The molecule has 2 aromatic carbocycles. The molecule has 29 heavy (non-hydrogen) atoms. The SMILES string of the molecule is Cc1cccc(CS(=O)(=O)N2CCC(C(=O)Nc3ccc(CC#N)cc3)CC2)c1. The Morgan fingerprint density at radius 2 is 1.83 bits per heavy atom. The normalized spacial score (nSPS) is 15.6. The molecule has 0 bridgehead atoms. The van der Waals surface area contributed by atoms with Gasteiger partial charge in [0, 0.05) is 24.7 Å². The molecule has 0 aromatic heterocycles. The van der Waals surface area contributed by atoms with Crippen LogP contribution < -0.4 is 5.32 Å². The highest BCUT2D eigenvalue weighted by atomic mass is 32.2. The molecule has 1 saturated heterocycles. The first-order chi connectivity index (χ1) is 13.9. The summed E-state index contributed by atoms with van der Waals surface area (Å²) in [6, 6.07) is 16.8. The fraction of sp³-hybridized carbons (Fsp3) is 0.364. The second kappa shape index (κ2) is 9.21. The van der Waals surface area contributed by atoms with Crippen LogP contribution in [0, 0.1) is 24.2 Å². The Morgan fingerprint density at radius 3 is 2.45 bits per heavy atom. The minimum absolute atomic E-state index is 0.0133. The van der Waals surface area contributed by atoms with Gasteiger partial charge in [-0.1, -0.05) is 42.0 Å². The van der Waals surface area contributed by atoms with E-state index in [1.54, 1.807) is 12.1 Å². The minimum atomic E-state index is -3.40. The summed E-state index contributed by atoms with van der Waals surface area (Å²) in [4.78, 5) is 12.5. The van der Waals surface area contributed by atoms with Crippen molar-refractivity contribution in [1.29, 1.82) is 5.26 Å². The van der Waals surface area contributed by atoms with Crippen molar-refractivity contribution >= 4 is 21.6 Å². The molecule has 1 aliphatic rings. The molecule has 1 fully saturated rings. The molecule has 0 saturated carbocycles. The molecule has 0 aliphatic carbocycles. The summed E-state index contributed by atoms with van der Waals surface area (Å²) in [5.41, 5.74) is 3.40. The van der Waals surface area contributed by atoms with Crippen molar-refractivity contribution in [3.05, 3.63) is 65.2 Å². The summed E-state index contributed by atoms with van der Waals surface area (Å²) in [6.45, 7) is 2.65. The topological polar surface area (TPSA) is 90.3 Å². The summed E-state index contributed by atoms with van der Waals surface area (Å²) in [5, 5.41) is 11.6. The fourth-order valence-corrected chi connectivity index (χ4v) is 5.09. The summed E-state index contributed by atoms with van der Waals surface area (Å²) in [5.74, 6) is -0.311. The molecular formula is C22H25N3O3S. The molecule has 1 aliphatic heterocycles. The summed E-state index contributed by atoms with van der Waals surface area (Å²) >= 11 is 0.